The van der Waals surface area contributed by atoms with Crippen LogP contribution in [-0.2, 0) is 9.53 Å². The summed E-state index contributed by atoms with van der Waals surface area (Å²) in [6.07, 6.45) is 4.00. The van der Waals surface area contributed by atoms with Crippen molar-refractivity contribution in [3.63, 3.8) is 0 Å². The fraction of sp³-hybridized carbons (Fsp3) is 0.875. The van der Waals surface area contributed by atoms with Crippen LogP contribution < -0.4 is 5.73 Å². The normalized spacial score (nSPS) is 25.0. The zero-order valence-electron chi connectivity index (χ0n) is 6.71. The first-order valence-electron chi connectivity index (χ1n) is 4.16. The van der Waals surface area contributed by atoms with E-state index in [1.165, 1.54) is 6.42 Å². The van der Waals surface area contributed by atoms with Crippen molar-refractivity contribution in [1.29, 1.82) is 0 Å². The van der Waals surface area contributed by atoms with E-state index in [0.29, 0.717) is 6.42 Å². The van der Waals surface area contributed by atoms with Gasteiger partial charge in [-0.3, -0.25) is 4.79 Å². The molecule has 64 valence electrons. The highest BCUT2D eigenvalue weighted by Crippen LogP contribution is 2.15. The number of carbonyl (C=O) groups is 1. The van der Waals surface area contributed by atoms with Gasteiger partial charge in [0.1, 0.15) is 5.78 Å². The summed E-state index contributed by atoms with van der Waals surface area (Å²) in [6, 6.07) is 0. The second-order valence-corrected chi connectivity index (χ2v) is 2.94. The first-order chi connectivity index (χ1) is 5.33. The number of ketones is 1. The van der Waals surface area contributed by atoms with Crippen molar-refractivity contribution >= 4 is 5.78 Å². The Hall–Kier alpha value is -0.410. The molecule has 1 fully saturated rings. The lowest BCUT2D eigenvalue weighted by Crippen LogP contribution is -2.25. The van der Waals surface area contributed by atoms with Gasteiger partial charge in [-0.05, 0) is 19.3 Å². The average molecular weight is 157 g/mol. The van der Waals surface area contributed by atoms with Gasteiger partial charge in [-0.15, -0.1) is 0 Å². The molecule has 1 rings (SSSR count). The lowest BCUT2D eigenvalue weighted by molar-refractivity contribution is -0.121. The molecule has 2 N–H and O–H groups in total. The Morgan fingerprint density at radius 2 is 2.36 bits per heavy atom. The fourth-order valence-electron chi connectivity index (χ4n) is 1.31. The van der Waals surface area contributed by atoms with Crippen LogP contribution in [0, 0.1) is 0 Å². The summed E-state index contributed by atoms with van der Waals surface area (Å²) >= 11 is 0. The predicted octanol–water partition coefficient (Wildman–Crippen LogP) is 0.473. The minimum Gasteiger partial charge on any atom is -0.378 e. The quantitative estimate of drug-likeness (QED) is 0.648. The smallest absolute Gasteiger partial charge is 0.148 e. The van der Waals surface area contributed by atoms with E-state index < -0.39 is 0 Å². The molecule has 3 heteroatoms. The first kappa shape index (κ1) is 8.68. The maximum absolute atomic E-state index is 10.9. The minimum atomic E-state index is 0.108. The Labute approximate surface area is 66.9 Å². The minimum absolute atomic E-state index is 0.108. The zero-order valence-corrected chi connectivity index (χ0v) is 6.71. The second-order valence-electron chi connectivity index (χ2n) is 2.94. The zero-order chi connectivity index (χ0) is 8.10. The number of rotatable bonds is 3. The van der Waals surface area contributed by atoms with Crippen LogP contribution >= 0.6 is 0 Å². The molecule has 1 heterocycles. The lowest BCUT2D eigenvalue weighted by Gasteiger charge is -2.21. The van der Waals surface area contributed by atoms with Gasteiger partial charge in [-0.25, -0.2) is 0 Å². The third-order valence-corrected chi connectivity index (χ3v) is 1.96. The van der Waals surface area contributed by atoms with E-state index >= 15 is 0 Å². The topological polar surface area (TPSA) is 52.3 Å². The third kappa shape index (κ3) is 2.99. The number of hydrogen-bond acceptors (Lipinski definition) is 3. The molecule has 1 atom stereocenters. The first-order valence-corrected chi connectivity index (χ1v) is 4.16. The summed E-state index contributed by atoms with van der Waals surface area (Å²) in [5.74, 6) is 0.108. The molecule has 0 aromatic rings. The molecule has 1 aliphatic rings. The summed E-state index contributed by atoms with van der Waals surface area (Å²) < 4.78 is 5.37. The number of Topliss-reactive ketones (excluding diaryl/α,β-unsaturated/α-hetero) is 1. The summed E-state index contributed by atoms with van der Waals surface area (Å²) in [5, 5.41) is 0. The van der Waals surface area contributed by atoms with Crippen molar-refractivity contribution < 1.29 is 9.53 Å². The molecule has 0 spiro atoms. The number of hydrogen-bond donors (Lipinski definition) is 1. The summed E-state index contributed by atoms with van der Waals surface area (Å²) in [4.78, 5) is 10.9. The fourth-order valence-corrected chi connectivity index (χ4v) is 1.31. The Kier molecular flexibility index (Phi) is 3.52. The van der Waals surface area contributed by atoms with Crippen molar-refractivity contribution in [2.75, 3.05) is 13.2 Å². The Balaban J connectivity index is 2.19. The van der Waals surface area contributed by atoms with E-state index in [1.807, 2.05) is 0 Å². The van der Waals surface area contributed by atoms with Crippen LogP contribution in [0.15, 0.2) is 0 Å². The third-order valence-electron chi connectivity index (χ3n) is 1.96. The summed E-state index contributed by atoms with van der Waals surface area (Å²) in [5.41, 5.74) is 5.18. The molecule has 3 nitrogen and oxygen atoms in total. The van der Waals surface area contributed by atoms with Crippen LogP contribution in [-0.4, -0.2) is 25.0 Å². The highest BCUT2D eigenvalue weighted by molar-refractivity contribution is 5.80. The molecule has 0 aromatic heterocycles. The van der Waals surface area contributed by atoms with Crippen LogP contribution in [0.3, 0.4) is 0 Å². The molecule has 0 saturated carbocycles. The molecule has 0 amide bonds. The molecule has 0 radical (unpaired) electrons. The van der Waals surface area contributed by atoms with E-state index in [0.717, 1.165) is 19.4 Å². The molecule has 0 aliphatic carbocycles. The Bertz CT molecular complexity index is 130. The van der Waals surface area contributed by atoms with Crippen molar-refractivity contribution in [3.8, 4) is 0 Å². The van der Waals surface area contributed by atoms with E-state index in [9.17, 15) is 4.79 Å². The van der Waals surface area contributed by atoms with Crippen LogP contribution in [0.1, 0.15) is 25.7 Å². The predicted molar refractivity (Wildman–Crippen MR) is 42.3 cm³/mol. The standard InChI is InChI=1S/C8H15NO2/c9-6-7(10)5-8-3-1-2-4-11-8/h8H,1-6,9H2. The molecular weight excluding hydrogens is 142 g/mol. The maximum Gasteiger partial charge on any atom is 0.148 e. The van der Waals surface area contributed by atoms with Crippen molar-refractivity contribution in [3.05, 3.63) is 0 Å². The van der Waals surface area contributed by atoms with Gasteiger partial charge in [0, 0.05) is 13.0 Å². The van der Waals surface area contributed by atoms with E-state index in [-0.39, 0.29) is 18.4 Å². The lowest BCUT2D eigenvalue weighted by atomic mass is 10.0. The molecule has 0 aromatic carbocycles. The monoisotopic (exact) mass is 157 g/mol. The summed E-state index contributed by atoms with van der Waals surface area (Å²) in [6.45, 7) is 0.961. The molecule has 1 saturated heterocycles. The highest BCUT2D eigenvalue weighted by atomic mass is 16.5. The van der Waals surface area contributed by atoms with E-state index in [4.69, 9.17) is 10.5 Å². The van der Waals surface area contributed by atoms with E-state index in [1.54, 1.807) is 0 Å². The molecule has 1 unspecified atom stereocenters. The van der Waals surface area contributed by atoms with Gasteiger partial charge in [0.2, 0.25) is 0 Å². The van der Waals surface area contributed by atoms with Gasteiger partial charge < -0.3 is 10.5 Å². The van der Waals surface area contributed by atoms with Gasteiger partial charge >= 0.3 is 0 Å². The second kappa shape index (κ2) is 4.46. The summed E-state index contributed by atoms with van der Waals surface area (Å²) in [7, 11) is 0. The van der Waals surface area contributed by atoms with Gasteiger partial charge in [0.15, 0.2) is 0 Å². The number of nitrogens with two attached hydrogens (primary N) is 1. The van der Waals surface area contributed by atoms with Crippen LogP contribution in [0.2, 0.25) is 0 Å². The number of carbonyl (C=O) groups excluding carboxylic acids is 1. The number of ether oxygens (including phenoxy) is 1. The van der Waals surface area contributed by atoms with Gasteiger partial charge in [-0.1, -0.05) is 0 Å². The largest absolute Gasteiger partial charge is 0.378 e. The van der Waals surface area contributed by atoms with E-state index in [2.05, 4.69) is 0 Å². The SMILES string of the molecule is NCC(=O)CC1CCCCO1. The molecule has 11 heavy (non-hydrogen) atoms. The Morgan fingerprint density at radius 3 is 2.91 bits per heavy atom. The molecule has 0 bridgehead atoms. The van der Waals surface area contributed by atoms with Gasteiger partial charge in [0.05, 0.1) is 12.6 Å². The van der Waals surface area contributed by atoms with Crippen molar-refractivity contribution in [1.82, 2.24) is 0 Å². The highest BCUT2D eigenvalue weighted by Gasteiger charge is 2.16. The van der Waals surface area contributed by atoms with Crippen LogP contribution in [0.5, 0.6) is 0 Å². The van der Waals surface area contributed by atoms with Gasteiger partial charge in [0.25, 0.3) is 0 Å². The molecule has 1 aliphatic heterocycles. The average Bonchev–Trinajstić information content (AvgIpc) is 2.06. The van der Waals surface area contributed by atoms with Gasteiger partial charge in [-0.2, -0.15) is 0 Å². The van der Waals surface area contributed by atoms with Crippen LogP contribution in [0.4, 0.5) is 0 Å². The van der Waals surface area contributed by atoms with Crippen molar-refractivity contribution in [2.45, 2.75) is 31.8 Å². The van der Waals surface area contributed by atoms with Crippen LogP contribution in [0.25, 0.3) is 0 Å². The molecular formula is C8H15NO2. The maximum atomic E-state index is 10.9. The van der Waals surface area contributed by atoms with Crippen molar-refractivity contribution in [2.24, 2.45) is 5.73 Å². The Morgan fingerprint density at radius 1 is 1.55 bits per heavy atom.